The lowest BCUT2D eigenvalue weighted by Gasteiger charge is -2.16. The number of methoxy groups -OCH3 is 1. The van der Waals surface area contributed by atoms with Crippen molar-refractivity contribution in [2.45, 2.75) is 45.4 Å². The van der Waals surface area contributed by atoms with Crippen LogP contribution in [0.2, 0.25) is 0 Å². The number of carbonyl (C=O) groups excluding carboxylic acids is 2. The maximum absolute atomic E-state index is 12.6. The molecule has 1 N–H and O–H groups in total. The lowest BCUT2D eigenvalue weighted by Crippen LogP contribution is -2.15. The van der Waals surface area contributed by atoms with E-state index in [0.29, 0.717) is 23.6 Å². The number of esters is 1. The van der Waals surface area contributed by atoms with Gasteiger partial charge in [0.05, 0.1) is 18.2 Å². The Morgan fingerprint density at radius 3 is 2.65 bits per heavy atom. The highest BCUT2D eigenvalue weighted by atomic mass is 79.9. The molecule has 1 aliphatic carbocycles. The van der Waals surface area contributed by atoms with Crippen LogP contribution in [0, 0.1) is 6.92 Å². The van der Waals surface area contributed by atoms with Gasteiger partial charge in [-0.25, -0.2) is 4.79 Å². The Bertz CT molecular complexity index is 1200. The van der Waals surface area contributed by atoms with Crippen molar-refractivity contribution in [3.8, 4) is 16.9 Å². The van der Waals surface area contributed by atoms with Crippen molar-refractivity contribution in [2.24, 2.45) is 0 Å². The summed E-state index contributed by atoms with van der Waals surface area (Å²) < 4.78 is 11.7. The molecule has 0 atom stereocenters. The highest BCUT2D eigenvalue weighted by Crippen LogP contribution is 2.38. The molecular weight excluding hydrogens is 514 g/mol. The fourth-order valence-electron chi connectivity index (χ4n) is 4.19. The zero-order valence-electron chi connectivity index (χ0n) is 19.4. The average Bonchev–Trinajstić information content (AvgIpc) is 3.25. The minimum absolute atomic E-state index is 0.157. The predicted molar refractivity (Wildman–Crippen MR) is 140 cm³/mol. The SMILES string of the molecule is COC(=O)c1c(-c2ccc3c(c2)CCCC3)csc1NC(=O)CCCOc1ccc(C)cc1Br. The molecule has 1 heterocycles. The molecule has 1 aliphatic rings. The van der Waals surface area contributed by atoms with E-state index >= 15 is 0 Å². The number of fused-ring (bicyclic) bond motifs is 1. The summed E-state index contributed by atoms with van der Waals surface area (Å²) in [7, 11) is 1.36. The molecule has 7 heteroatoms. The van der Waals surface area contributed by atoms with Gasteiger partial charge in [0.2, 0.25) is 5.91 Å². The number of carbonyl (C=O) groups is 2. The van der Waals surface area contributed by atoms with Gasteiger partial charge in [-0.1, -0.05) is 24.3 Å². The minimum atomic E-state index is -0.447. The summed E-state index contributed by atoms with van der Waals surface area (Å²) in [5.41, 5.74) is 6.07. The van der Waals surface area contributed by atoms with E-state index in [1.54, 1.807) is 0 Å². The number of hydrogen-bond acceptors (Lipinski definition) is 5. The predicted octanol–water partition coefficient (Wildman–Crippen LogP) is 6.95. The molecule has 0 unspecified atom stereocenters. The van der Waals surface area contributed by atoms with Crippen molar-refractivity contribution in [3.05, 3.63) is 68.5 Å². The topological polar surface area (TPSA) is 64.6 Å². The third-order valence-corrected chi connectivity index (χ3v) is 7.50. The molecule has 0 spiro atoms. The summed E-state index contributed by atoms with van der Waals surface area (Å²) in [5.74, 6) is 0.152. The molecule has 4 rings (SSSR count). The van der Waals surface area contributed by atoms with Gasteiger partial charge in [0, 0.05) is 17.4 Å². The van der Waals surface area contributed by atoms with Gasteiger partial charge in [0.1, 0.15) is 16.3 Å². The Hall–Kier alpha value is -2.64. The Labute approximate surface area is 212 Å². The van der Waals surface area contributed by atoms with Gasteiger partial charge < -0.3 is 14.8 Å². The number of anilines is 1. The zero-order chi connectivity index (χ0) is 24.1. The third kappa shape index (κ3) is 5.70. The largest absolute Gasteiger partial charge is 0.492 e. The van der Waals surface area contributed by atoms with Gasteiger partial charge in [0.15, 0.2) is 0 Å². The molecule has 0 aliphatic heterocycles. The molecule has 0 bridgehead atoms. The van der Waals surface area contributed by atoms with Crippen LogP contribution >= 0.6 is 27.3 Å². The van der Waals surface area contributed by atoms with E-state index in [4.69, 9.17) is 9.47 Å². The summed E-state index contributed by atoms with van der Waals surface area (Å²) in [6, 6.07) is 12.3. The second-order valence-electron chi connectivity index (χ2n) is 8.47. The Balaban J connectivity index is 1.42. The van der Waals surface area contributed by atoms with Gasteiger partial charge in [-0.2, -0.15) is 0 Å². The standard InChI is InChI=1S/C27H28BrNO4S/c1-17-9-12-23(22(28)14-17)33-13-5-8-24(30)29-26-25(27(31)32-2)21(16-34-26)20-11-10-18-6-3-4-7-19(18)15-20/h9-12,14-16H,3-8,13H2,1-2H3,(H,29,30). The molecule has 178 valence electrons. The molecule has 1 aromatic heterocycles. The number of hydrogen-bond donors (Lipinski definition) is 1. The highest BCUT2D eigenvalue weighted by Gasteiger charge is 2.23. The lowest BCUT2D eigenvalue weighted by atomic mass is 9.89. The maximum atomic E-state index is 12.6. The Morgan fingerprint density at radius 2 is 1.88 bits per heavy atom. The molecule has 0 saturated carbocycles. The molecule has 3 aromatic rings. The molecule has 0 radical (unpaired) electrons. The van der Waals surface area contributed by atoms with E-state index in [1.165, 1.54) is 42.4 Å². The van der Waals surface area contributed by atoms with Crippen LogP contribution in [0.3, 0.4) is 0 Å². The zero-order valence-corrected chi connectivity index (χ0v) is 21.8. The van der Waals surface area contributed by atoms with Crippen molar-refractivity contribution in [2.75, 3.05) is 19.0 Å². The number of nitrogens with one attached hydrogen (secondary N) is 1. The lowest BCUT2D eigenvalue weighted by molar-refractivity contribution is -0.116. The van der Waals surface area contributed by atoms with E-state index in [1.807, 2.05) is 30.5 Å². The van der Waals surface area contributed by atoms with Crippen LogP contribution in [0.4, 0.5) is 5.00 Å². The van der Waals surface area contributed by atoms with E-state index < -0.39 is 5.97 Å². The minimum Gasteiger partial charge on any atom is -0.492 e. The first-order valence-corrected chi connectivity index (χ1v) is 13.1. The molecule has 0 saturated heterocycles. The van der Waals surface area contributed by atoms with Crippen LogP contribution in [0.1, 0.15) is 52.7 Å². The van der Waals surface area contributed by atoms with Gasteiger partial charge in [-0.15, -0.1) is 11.3 Å². The number of aryl methyl sites for hydroxylation is 3. The van der Waals surface area contributed by atoms with Crippen LogP contribution in [-0.2, 0) is 22.4 Å². The summed E-state index contributed by atoms with van der Waals surface area (Å²) >= 11 is 4.85. The van der Waals surface area contributed by atoms with Crippen molar-refractivity contribution < 1.29 is 19.1 Å². The quantitative estimate of drug-likeness (QED) is 0.247. The maximum Gasteiger partial charge on any atom is 0.341 e. The van der Waals surface area contributed by atoms with Gasteiger partial charge in [-0.3, -0.25) is 4.79 Å². The van der Waals surface area contributed by atoms with E-state index in [9.17, 15) is 9.59 Å². The van der Waals surface area contributed by atoms with Crippen LogP contribution < -0.4 is 10.1 Å². The van der Waals surface area contributed by atoms with Gasteiger partial charge in [-0.05, 0) is 89.3 Å². The van der Waals surface area contributed by atoms with Gasteiger partial charge >= 0.3 is 5.97 Å². The van der Waals surface area contributed by atoms with Crippen molar-refractivity contribution in [3.63, 3.8) is 0 Å². The smallest absolute Gasteiger partial charge is 0.341 e. The number of amides is 1. The highest BCUT2D eigenvalue weighted by molar-refractivity contribution is 9.10. The summed E-state index contributed by atoms with van der Waals surface area (Å²) in [5, 5.41) is 5.35. The third-order valence-electron chi connectivity index (χ3n) is 5.99. The molecule has 34 heavy (non-hydrogen) atoms. The first kappa shape index (κ1) is 24.5. The first-order valence-electron chi connectivity index (χ1n) is 11.5. The van der Waals surface area contributed by atoms with Crippen molar-refractivity contribution >= 4 is 44.1 Å². The van der Waals surface area contributed by atoms with Crippen molar-refractivity contribution in [1.82, 2.24) is 0 Å². The van der Waals surface area contributed by atoms with Crippen LogP contribution in [0.5, 0.6) is 5.75 Å². The van der Waals surface area contributed by atoms with E-state index in [-0.39, 0.29) is 12.3 Å². The monoisotopic (exact) mass is 541 g/mol. The fraction of sp³-hybridized carbons (Fsp3) is 0.333. The number of halogens is 1. The van der Waals surface area contributed by atoms with Gasteiger partial charge in [0.25, 0.3) is 0 Å². The van der Waals surface area contributed by atoms with Crippen LogP contribution in [0.25, 0.3) is 11.1 Å². The first-order chi connectivity index (χ1) is 16.5. The molecule has 2 aromatic carbocycles. The number of ether oxygens (including phenoxy) is 2. The van der Waals surface area contributed by atoms with Crippen LogP contribution in [0.15, 0.2) is 46.3 Å². The Kier molecular flexibility index (Phi) is 8.06. The summed E-state index contributed by atoms with van der Waals surface area (Å²) in [6.45, 7) is 2.44. The normalized spacial score (nSPS) is 12.7. The Morgan fingerprint density at radius 1 is 1.09 bits per heavy atom. The van der Waals surface area contributed by atoms with Crippen LogP contribution in [-0.4, -0.2) is 25.6 Å². The number of rotatable bonds is 8. The van der Waals surface area contributed by atoms with Crippen molar-refractivity contribution in [1.29, 1.82) is 0 Å². The van der Waals surface area contributed by atoms with E-state index in [2.05, 4.69) is 39.4 Å². The second-order valence-corrected chi connectivity index (χ2v) is 10.2. The molecule has 0 fully saturated rings. The summed E-state index contributed by atoms with van der Waals surface area (Å²) in [4.78, 5) is 25.3. The average molecular weight is 542 g/mol. The molecule has 1 amide bonds. The second kappa shape index (κ2) is 11.2. The number of thiophene rings is 1. The summed E-state index contributed by atoms with van der Waals surface area (Å²) in [6.07, 6.45) is 5.43. The van der Waals surface area contributed by atoms with E-state index in [0.717, 1.165) is 39.8 Å². The number of benzene rings is 2. The molecular formula is C27H28BrNO4S. The molecule has 5 nitrogen and oxygen atoms in total. The fourth-order valence-corrected chi connectivity index (χ4v) is 5.78.